The second-order valence-electron chi connectivity index (χ2n) is 7.38. The van der Waals surface area contributed by atoms with E-state index in [1.54, 1.807) is 14.2 Å². The minimum Gasteiger partial charge on any atom is -0.511 e. The molecule has 1 aliphatic carbocycles. The molecule has 0 aromatic heterocycles. The summed E-state index contributed by atoms with van der Waals surface area (Å²) in [6.07, 6.45) is 2.18. The van der Waals surface area contributed by atoms with Crippen molar-refractivity contribution in [1.82, 2.24) is 0 Å². The maximum atomic E-state index is 12.8. The van der Waals surface area contributed by atoms with Gasteiger partial charge in [-0.1, -0.05) is 43.3 Å². The molecule has 158 valence electrons. The van der Waals surface area contributed by atoms with Gasteiger partial charge in [0, 0.05) is 25.1 Å². The number of aliphatic imine (C=N–C) groups is 1. The van der Waals surface area contributed by atoms with Crippen LogP contribution in [0, 0.1) is 0 Å². The maximum absolute atomic E-state index is 12.8. The van der Waals surface area contributed by atoms with Crippen molar-refractivity contribution in [3.05, 3.63) is 71.0 Å². The Kier molecular flexibility index (Phi) is 7.28. The van der Waals surface area contributed by atoms with Gasteiger partial charge in [-0.25, -0.2) is 0 Å². The van der Waals surface area contributed by atoms with E-state index >= 15 is 0 Å². The molecule has 30 heavy (non-hydrogen) atoms. The van der Waals surface area contributed by atoms with Crippen molar-refractivity contribution in [3.63, 3.8) is 0 Å². The Morgan fingerprint density at radius 3 is 2.43 bits per heavy atom. The van der Waals surface area contributed by atoms with Crippen molar-refractivity contribution in [3.8, 4) is 11.5 Å². The second-order valence-corrected chi connectivity index (χ2v) is 7.38. The minimum absolute atomic E-state index is 0.0207. The molecule has 0 heterocycles. The van der Waals surface area contributed by atoms with Gasteiger partial charge >= 0.3 is 0 Å². The Labute approximate surface area is 178 Å². The van der Waals surface area contributed by atoms with Crippen molar-refractivity contribution < 1.29 is 19.4 Å². The highest BCUT2D eigenvalue weighted by Gasteiger charge is 2.30. The fraction of sp³-hybridized carbons (Fsp3) is 0.360. The fourth-order valence-corrected chi connectivity index (χ4v) is 3.91. The monoisotopic (exact) mass is 407 g/mol. The number of benzene rings is 2. The number of Topliss-reactive ketones (excluding diaryl/α,β-unsaturated/α-hetero) is 1. The first-order valence-corrected chi connectivity index (χ1v) is 10.3. The third kappa shape index (κ3) is 4.90. The zero-order valence-electron chi connectivity index (χ0n) is 17.9. The molecule has 1 atom stereocenters. The molecule has 5 heteroatoms. The summed E-state index contributed by atoms with van der Waals surface area (Å²) in [4.78, 5) is 17.5. The number of methoxy groups -OCH3 is 2. The van der Waals surface area contributed by atoms with E-state index in [9.17, 15) is 9.90 Å². The molecule has 0 radical (unpaired) electrons. The Balaban J connectivity index is 1.73. The first kappa shape index (κ1) is 21.6. The van der Waals surface area contributed by atoms with Crippen LogP contribution in [-0.2, 0) is 11.2 Å². The van der Waals surface area contributed by atoms with Crippen LogP contribution < -0.4 is 9.47 Å². The van der Waals surface area contributed by atoms with Gasteiger partial charge in [0.1, 0.15) is 5.76 Å². The van der Waals surface area contributed by atoms with E-state index in [1.807, 2.05) is 55.5 Å². The number of rotatable bonds is 8. The van der Waals surface area contributed by atoms with Crippen LogP contribution in [0.3, 0.4) is 0 Å². The lowest BCUT2D eigenvalue weighted by atomic mass is 9.81. The molecule has 2 aromatic rings. The third-order valence-electron chi connectivity index (χ3n) is 5.48. The molecule has 1 aliphatic rings. The molecule has 0 fully saturated rings. The predicted molar refractivity (Wildman–Crippen MR) is 119 cm³/mol. The average molecular weight is 408 g/mol. The number of carbonyl (C=O) groups excluding carboxylic acids is 1. The fourth-order valence-electron chi connectivity index (χ4n) is 3.91. The molecule has 5 nitrogen and oxygen atoms in total. The average Bonchev–Trinajstić information content (AvgIpc) is 2.77. The summed E-state index contributed by atoms with van der Waals surface area (Å²) < 4.78 is 10.6. The largest absolute Gasteiger partial charge is 0.511 e. The Hall–Kier alpha value is -3.08. The van der Waals surface area contributed by atoms with Gasteiger partial charge in [-0.2, -0.15) is 0 Å². The molecule has 0 bridgehead atoms. The number of aliphatic hydroxyl groups is 1. The van der Waals surface area contributed by atoms with Crippen LogP contribution in [0.25, 0.3) is 0 Å². The van der Waals surface area contributed by atoms with Gasteiger partial charge < -0.3 is 14.6 Å². The van der Waals surface area contributed by atoms with Gasteiger partial charge in [0.25, 0.3) is 0 Å². The molecular formula is C25H29NO4. The summed E-state index contributed by atoms with van der Waals surface area (Å²) in [5.41, 5.74) is 3.26. The highest BCUT2D eigenvalue weighted by molar-refractivity contribution is 6.23. The lowest BCUT2D eigenvalue weighted by Gasteiger charge is -2.24. The molecule has 0 aliphatic heterocycles. The number of aliphatic hydroxyl groups excluding tert-OH is 1. The first-order chi connectivity index (χ1) is 14.6. The van der Waals surface area contributed by atoms with E-state index in [-0.39, 0.29) is 17.5 Å². The number of hydrogen-bond donors (Lipinski definition) is 1. The van der Waals surface area contributed by atoms with Crippen LogP contribution in [0.1, 0.15) is 43.2 Å². The van der Waals surface area contributed by atoms with E-state index in [4.69, 9.17) is 9.47 Å². The van der Waals surface area contributed by atoms with Gasteiger partial charge in [-0.3, -0.25) is 9.79 Å². The van der Waals surface area contributed by atoms with Crippen LogP contribution in [0.4, 0.5) is 0 Å². The van der Waals surface area contributed by atoms with E-state index in [2.05, 4.69) is 4.99 Å². The van der Waals surface area contributed by atoms with Gasteiger partial charge in [-0.05, 0) is 42.0 Å². The lowest BCUT2D eigenvalue weighted by molar-refractivity contribution is -0.116. The first-order valence-electron chi connectivity index (χ1n) is 10.3. The van der Waals surface area contributed by atoms with Crippen LogP contribution in [0.5, 0.6) is 11.5 Å². The summed E-state index contributed by atoms with van der Waals surface area (Å²) in [6, 6.07) is 15.7. The molecule has 0 amide bonds. The number of nitrogens with zero attached hydrogens (tertiary/aromatic N) is 1. The summed E-state index contributed by atoms with van der Waals surface area (Å²) in [6.45, 7) is 2.50. The van der Waals surface area contributed by atoms with Crippen LogP contribution in [0.15, 0.2) is 64.9 Å². The lowest BCUT2D eigenvalue weighted by Crippen LogP contribution is -2.23. The molecule has 1 unspecified atom stereocenters. The smallest absolute Gasteiger partial charge is 0.168 e. The van der Waals surface area contributed by atoms with Crippen LogP contribution in [0.2, 0.25) is 0 Å². The predicted octanol–water partition coefficient (Wildman–Crippen LogP) is 5.06. The maximum Gasteiger partial charge on any atom is 0.168 e. The van der Waals surface area contributed by atoms with Gasteiger partial charge in [0.2, 0.25) is 0 Å². The number of hydrogen-bond acceptors (Lipinski definition) is 5. The summed E-state index contributed by atoms with van der Waals surface area (Å²) >= 11 is 0. The summed E-state index contributed by atoms with van der Waals surface area (Å²) in [5.74, 6) is 1.53. The standard InChI is InChI=1S/C25H29NO4/c1-4-20(26-13-12-17-10-11-23(29-2)24(14-17)30-3)25-21(27)15-19(16-22(25)28)18-8-6-5-7-9-18/h5-11,14,19,27H,4,12-13,15-16H2,1-3H3. The van der Waals surface area contributed by atoms with E-state index < -0.39 is 0 Å². The number of allylic oxidation sites excluding steroid dienone is 2. The number of ether oxygens (including phenoxy) is 2. The van der Waals surface area contributed by atoms with Gasteiger partial charge in [-0.15, -0.1) is 0 Å². The van der Waals surface area contributed by atoms with Crippen LogP contribution >= 0.6 is 0 Å². The number of ketones is 1. The van der Waals surface area contributed by atoms with Crippen molar-refractivity contribution in [2.24, 2.45) is 4.99 Å². The molecular weight excluding hydrogens is 378 g/mol. The number of carbonyl (C=O) groups is 1. The van der Waals surface area contributed by atoms with Crippen molar-refractivity contribution in [2.75, 3.05) is 20.8 Å². The third-order valence-corrected chi connectivity index (χ3v) is 5.48. The molecule has 1 N–H and O–H groups in total. The van der Waals surface area contributed by atoms with Crippen LogP contribution in [-0.4, -0.2) is 37.4 Å². The van der Waals surface area contributed by atoms with Crippen molar-refractivity contribution in [1.29, 1.82) is 0 Å². The van der Waals surface area contributed by atoms with E-state index in [1.165, 1.54) is 0 Å². The second kappa shape index (κ2) is 10.1. The van der Waals surface area contributed by atoms with Crippen molar-refractivity contribution >= 4 is 11.5 Å². The Bertz CT molecular complexity index is 947. The molecule has 3 rings (SSSR count). The highest BCUT2D eigenvalue weighted by Crippen LogP contribution is 2.34. The zero-order valence-corrected chi connectivity index (χ0v) is 17.9. The Morgan fingerprint density at radius 1 is 1.07 bits per heavy atom. The normalized spacial score (nSPS) is 17.2. The molecule has 2 aromatic carbocycles. The van der Waals surface area contributed by atoms with E-state index in [0.717, 1.165) is 11.1 Å². The quantitative estimate of drug-likeness (QED) is 0.621. The molecule has 0 saturated carbocycles. The van der Waals surface area contributed by atoms with Gasteiger partial charge in [0.15, 0.2) is 17.3 Å². The topological polar surface area (TPSA) is 68.1 Å². The van der Waals surface area contributed by atoms with Crippen molar-refractivity contribution in [2.45, 2.75) is 38.5 Å². The summed E-state index contributed by atoms with van der Waals surface area (Å²) in [7, 11) is 3.22. The zero-order chi connectivity index (χ0) is 21.5. The SMILES string of the molecule is CCC(=NCCc1ccc(OC)c(OC)c1)C1=C(O)CC(c2ccccc2)CC1=O. The van der Waals surface area contributed by atoms with Gasteiger partial charge in [0.05, 0.1) is 19.8 Å². The van der Waals surface area contributed by atoms with E-state index in [0.29, 0.717) is 55.0 Å². The Morgan fingerprint density at radius 2 is 1.80 bits per heavy atom. The minimum atomic E-state index is -0.0284. The summed E-state index contributed by atoms with van der Waals surface area (Å²) in [5, 5.41) is 10.7. The highest BCUT2D eigenvalue weighted by atomic mass is 16.5. The molecule has 0 saturated heterocycles. The molecule has 0 spiro atoms.